The number of aryl methyl sites for hydroxylation is 4. The van der Waals surface area contributed by atoms with Crippen LogP contribution in [-0.2, 0) is 5.41 Å². The molecule has 6 heteroatoms. The Balaban J connectivity index is 0.778. The molecule has 4 bridgehead atoms. The van der Waals surface area contributed by atoms with E-state index in [0.29, 0.717) is 46.8 Å². The topological polar surface area (TPSA) is 77.3 Å². The third-order valence-corrected chi connectivity index (χ3v) is 20.6. The van der Waals surface area contributed by atoms with Gasteiger partial charge in [0.2, 0.25) is 0 Å². The molecule has 2 heterocycles. The Kier molecular flexibility index (Phi) is 13.5. The Hall–Kier alpha value is -10.6. The number of aromatic nitrogens is 6. The molecular formula is C86H68N6. The maximum atomic E-state index is 5.15. The van der Waals surface area contributed by atoms with Gasteiger partial charge in [0.15, 0.2) is 34.9 Å². The second kappa shape index (κ2) is 22.4. The van der Waals surface area contributed by atoms with Crippen molar-refractivity contribution in [3.63, 3.8) is 0 Å². The zero-order valence-corrected chi connectivity index (χ0v) is 52.3. The largest absolute Gasteiger partial charge is 0.208 e. The summed E-state index contributed by atoms with van der Waals surface area (Å²) >= 11 is 0. The second-order valence-electron chi connectivity index (χ2n) is 26.7. The lowest BCUT2D eigenvalue weighted by atomic mass is 9.43. The lowest BCUT2D eigenvalue weighted by molar-refractivity contribution is -0.0399. The molecule has 4 fully saturated rings. The third-order valence-electron chi connectivity index (χ3n) is 20.6. The molecule has 0 aliphatic heterocycles. The van der Waals surface area contributed by atoms with E-state index < -0.39 is 0 Å². The monoisotopic (exact) mass is 1180 g/mol. The standard InChI is InChI=1S/C86H68N6/c1-52-21-29-58(30-22-52)80-87-81(59-31-23-53(2)24-32-59)90-84(89-80)69-17-9-13-64(46-69)62-11-7-15-66(44-62)71-48-72(50-73(49-71)68-37-38-77-76-19-5-6-20-78(76)86(79(77)51-68)74-40-56-39-57(42-74)43-75(86)41-56)67-16-8-12-63(45-67)65-14-10-18-70(47-65)85-91-82(60-33-25-54(3)26-34-60)88-83(92-85)61-35-27-55(4)28-36-61/h5-38,44-51,56-57,74-75H,39-43H2,1-4H3. The van der Waals surface area contributed by atoms with Crippen molar-refractivity contribution >= 4 is 0 Å². The zero-order chi connectivity index (χ0) is 61.6. The Labute approximate surface area is 539 Å². The van der Waals surface area contributed by atoms with E-state index in [0.717, 1.165) is 89.7 Å². The van der Waals surface area contributed by atoms with E-state index in [1.54, 1.807) is 11.1 Å². The SMILES string of the molecule is Cc1ccc(-c2nc(-c3ccc(C)cc3)nc(-c3cccc(-c4cccc(-c5cc(-c6cccc(-c7cccc(-c8nc(-c9ccc(C)cc9)nc(-c9ccc(C)cc9)n8)c7)c6)cc(-c6ccc7c(c6)C6(c8ccccc8-7)C7CC8CC(C7)CC6C8)c5)c4)c3)n2)cc1. The van der Waals surface area contributed by atoms with Crippen molar-refractivity contribution < 1.29 is 0 Å². The second-order valence-corrected chi connectivity index (χ2v) is 26.7. The van der Waals surface area contributed by atoms with Crippen molar-refractivity contribution in [2.24, 2.45) is 23.7 Å². The molecule has 18 rings (SSSR count). The third kappa shape index (κ3) is 9.97. The van der Waals surface area contributed by atoms with Crippen LogP contribution in [0.3, 0.4) is 0 Å². The average Bonchev–Trinajstić information content (AvgIpc) is 1.42. The van der Waals surface area contributed by atoms with Crippen molar-refractivity contribution in [1.29, 1.82) is 0 Å². The van der Waals surface area contributed by atoms with E-state index in [9.17, 15) is 0 Å². The van der Waals surface area contributed by atoms with E-state index in [2.05, 4.69) is 282 Å². The van der Waals surface area contributed by atoms with Crippen molar-refractivity contribution in [1.82, 2.24) is 29.9 Å². The van der Waals surface area contributed by atoms with Crippen LogP contribution in [0.2, 0.25) is 0 Å². The van der Waals surface area contributed by atoms with Crippen LogP contribution in [0.1, 0.15) is 65.5 Å². The molecule has 0 radical (unpaired) electrons. The molecule has 0 amide bonds. The fourth-order valence-corrected chi connectivity index (χ4v) is 16.2. The minimum atomic E-state index is 0.0547. The molecular weight excluding hydrogens is 1120 g/mol. The Morgan fingerprint density at radius 2 is 0.500 bits per heavy atom. The van der Waals surface area contributed by atoms with Crippen molar-refractivity contribution in [3.8, 4) is 135 Å². The van der Waals surface area contributed by atoms with Gasteiger partial charge in [0.05, 0.1) is 0 Å². The summed E-state index contributed by atoms with van der Waals surface area (Å²) in [6, 6.07) is 93.3. The average molecular weight is 1190 g/mol. The van der Waals surface area contributed by atoms with E-state index in [-0.39, 0.29) is 5.41 Å². The van der Waals surface area contributed by atoms with Crippen molar-refractivity contribution in [2.75, 3.05) is 0 Å². The highest BCUT2D eigenvalue weighted by molar-refractivity contribution is 5.89. The first-order chi connectivity index (χ1) is 45.1. The van der Waals surface area contributed by atoms with Crippen LogP contribution in [0.25, 0.3) is 135 Å². The molecule has 4 saturated carbocycles. The first kappa shape index (κ1) is 55.5. The van der Waals surface area contributed by atoms with Crippen molar-refractivity contribution in [2.45, 2.75) is 65.2 Å². The van der Waals surface area contributed by atoms with Crippen molar-refractivity contribution in [3.05, 3.63) is 288 Å². The normalized spacial score (nSPS) is 18.3. The fourth-order valence-electron chi connectivity index (χ4n) is 16.2. The molecule has 1 spiro atoms. The maximum Gasteiger partial charge on any atom is 0.164 e. The summed E-state index contributed by atoms with van der Waals surface area (Å²) in [5.41, 5.74) is 27.9. The molecule has 11 aromatic carbocycles. The number of nitrogens with zero attached hydrogens (tertiary/aromatic N) is 6. The van der Waals surface area contributed by atoms with E-state index in [1.165, 1.54) is 76.6 Å². The summed E-state index contributed by atoms with van der Waals surface area (Å²) < 4.78 is 0. The van der Waals surface area contributed by atoms with E-state index in [4.69, 9.17) is 29.9 Å². The lowest BCUT2D eigenvalue weighted by Gasteiger charge is -2.61. The van der Waals surface area contributed by atoms with Gasteiger partial charge in [-0.05, 0) is 210 Å². The van der Waals surface area contributed by atoms with Crippen LogP contribution in [-0.4, -0.2) is 29.9 Å². The van der Waals surface area contributed by atoms with Gasteiger partial charge in [-0.2, -0.15) is 0 Å². The van der Waals surface area contributed by atoms with Gasteiger partial charge in [0.25, 0.3) is 0 Å². The van der Waals surface area contributed by atoms with Crippen LogP contribution in [0.4, 0.5) is 0 Å². The number of hydrogen-bond donors (Lipinski definition) is 0. The summed E-state index contributed by atoms with van der Waals surface area (Å²) in [5.74, 6) is 6.94. The van der Waals surface area contributed by atoms with E-state index >= 15 is 0 Å². The quantitative estimate of drug-likeness (QED) is 0.128. The lowest BCUT2D eigenvalue weighted by Crippen LogP contribution is -2.55. The Morgan fingerprint density at radius 1 is 0.228 bits per heavy atom. The van der Waals surface area contributed by atoms with Crippen LogP contribution < -0.4 is 0 Å². The molecule has 92 heavy (non-hydrogen) atoms. The van der Waals surface area contributed by atoms with E-state index in [1.807, 2.05) is 0 Å². The molecule has 0 atom stereocenters. The smallest absolute Gasteiger partial charge is 0.164 e. The molecule has 5 aliphatic carbocycles. The zero-order valence-electron chi connectivity index (χ0n) is 52.3. The first-order valence-electron chi connectivity index (χ1n) is 32.7. The van der Waals surface area contributed by atoms with Gasteiger partial charge in [0.1, 0.15) is 0 Å². The van der Waals surface area contributed by atoms with Gasteiger partial charge in [-0.1, -0.05) is 229 Å². The highest BCUT2D eigenvalue weighted by atomic mass is 15.0. The molecule has 0 N–H and O–H groups in total. The van der Waals surface area contributed by atoms with Gasteiger partial charge in [-0.3, -0.25) is 0 Å². The summed E-state index contributed by atoms with van der Waals surface area (Å²) in [4.78, 5) is 30.7. The van der Waals surface area contributed by atoms with Gasteiger partial charge >= 0.3 is 0 Å². The minimum Gasteiger partial charge on any atom is -0.208 e. The van der Waals surface area contributed by atoms with Gasteiger partial charge in [0, 0.05) is 38.8 Å². The van der Waals surface area contributed by atoms with Crippen LogP contribution in [0.15, 0.2) is 255 Å². The molecule has 2 aromatic heterocycles. The van der Waals surface area contributed by atoms with Gasteiger partial charge in [-0.25, -0.2) is 29.9 Å². The summed E-state index contributed by atoms with van der Waals surface area (Å²) in [5, 5.41) is 0. The van der Waals surface area contributed by atoms with Gasteiger partial charge in [-0.15, -0.1) is 0 Å². The summed E-state index contributed by atoms with van der Waals surface area (Å²) in [6.45, 7) is 8.41. The number of fused-ring (bicyclic) bond motifs is 3. The number of benzene rings is 11. The fraction of sp³-hybridized carbons (Fsp3) is 0.163. The van der Waals surface area contributed by atoms with Gasteiger partial charge < -0.3 is 0 Å². The molecule has 442 valence electrons. The molecule has 0 saturated heterocycles. The minimum absolute atomic E-state index is 0.0547. The summed E-state index contributed by atoms with van der Waals surface area (Å²) in [6.07, 6.45) is 6.82. The maximum absolute atomic E-state index is 5.15. The number of rotatable bonds is 11. The molecule has 13 aromatic rings. The summed E-state index contributed by atoms with van der Waals surface area (Å²) in [7, 11) is 0. The van der Waals surface area contributed by atoms with Crippen LogP contribution in [0.5, 0.6) is 0 Å². The molecule has 6 nitrogen and oxygen atoms in total. The molecule has 0 unspecified atom stereocenters. The first-order valence-corrected chi connectivity index (χ1v) is 32.7. The predicted molar refractivity (Wildman–Crippen MR) is 375 cm³/mol. The Bertz CT molecular complexity index is 4630. The highest BCUT2D eigenvalue weighted by Crippen LogP contribution is 2.69. The van der Waals surface area contributed by atoms with Crippen LogP contribution in [0, 0.1) is 51.4 Å². The number of hydrogen-bond acceptors (Lipinski definition) is 6. The predicted octanol–water partition coefficient (Wildman–Crippen LogP) is 21.3. The molecule has 5 aliphatic rings. The van der Waals surface area contributed by atoms with Crippen LogP contribution >= 0.6 is 0 Å². The highest BCUT2D eigenvalue weighted by Gasteiger charge is 2.61. The Morgan fingerprint density at radius 3 is 0.870 bits per heavy atom.